The van der Waals surface area contributed by atoms with Crippen molar-refractivity contribution in [3.63, 3.8) is 0 Å². The van der Waals surface area contributed by atoms with Crippen molar-refractivity contribution in [3.8, 4) is 0 Å². The Morgan fingerprint density at radius 3 is 2.34 bits per heavy atom. The van der Waals surface area contributed by atoms with Crippen LogP contribution in [0, 0.1) is 0 Å². The molecule has 1 heterocycles. The summed E-state index contributed by atoms with van der Waals surface area (Å²) in [5.74, 6) is -0.350. The number of nitrogen functional groups attached to an aromatic ring is 1. The number of carbonyl (C=O) groups excluding carboxylic acids is 1. The van der Waals surface area contributed by atoms with Crippen molar-refractivity contribution in [2.24, 2.45) is 5.14 Å². The number of anilines is 2. The highest BCUT2D eigenvalue weighted by Gasteiger charge is 2.23. The van der Waals surface area contributed by atoms with Crippen LogP contribution in [0.5, 0.6) is 0 Å². The van der Waals surface area contributed by atoms with Crippen LogP contribution in [0.15, 0.2) is 75.5 Å². The van der Waals surface area contributed by atoms with Gasteiger partial charge in [-0.1, -0.05) is 42.1 Å². The van der Waals surface area contributed by atoms with Gasteiger partial charge in [0.2, 0.25) is 15.9 Å². The highest BCUT2D eigenvalue weighted by molar-refractivity contribution is 8.00. The van der Waals surface area contributed by atoms with E-state index in [1.54, 1.807) is 24.3 Å². The van der Waals surface area contributed by atoms with Crippen LogP contribution in [0.3, 0.4) is 0 Å². The van der Waals surface area contributed by atoms with E-state index < -0.39 is 26.7 Å². The summed E-state index contributed by atoms with van der Waals surface area (Å²) in [6, 6.07) is 15.5. The maximum Gasteiger partial charge on any atom is 0.253 e. The van der Waals surface area contributed by atoms with E-state index in [1.165, 1.54) is 24.3 Å². The number of benzene rings is 2. The largest absolute Gasteiger partial charge is 0.383 e. The monoisotopic (exact) mass is 431 g/mol. The Labute approximate surface area is 170 Å². The van der Waals surface area contributed by atoms with Gasteiger partial charge in [0.1, 0.15) is 11.1 Å². The first kappa shape index (κ1) is 20.6. The van der Waals surface area contributed by atoms with Crippen LogP contribution in [0.4, 0.5) is 11.5 Å². The van der Waals surface area contributed by atoms with E-state index in [2.05, 4.69) is 15.3 Å². The summed E-state index contributed by atoms with van der Waals surface area (Å²) in [7, 11) is -3.83. The lowest BCUT2D eigenvalue weighted by atomic mass is 10.1. The van der Waals surface area contributed by atoms with Gasteiger partial charge in [0.05, 0.1) is 4.90 Å². The number of amides is 1. The number of primary sulfonamides is 1. The molecule has 1 aromatic heterocycles. The lowest BCUT2D eigenvalue weighted by Gasteiger charge is -2.16. The van der Waals surface area contributed by atoms with Gasteiger partial charge in [0.25, 0.3) is 5.56 Å². The summed E-state index contributed by atoms with van der Waals surface area (Å²) in [6.45, 7) is 0. The van der Waals surface area contributed by atoms with E-state index in [0.717, 1.165) is 17.8 Å². The molecule has 0 fully saturated rings. The number of aromatic amines is 1. The highest BCUT2D eigenvalue weighted by Crippen LogP contribution is 2.34. The van der Waals surface area contributed by atoms with Crippen LogP contribution >= 0.6 is 11.8 Å². The zero-order valence-electron chi connectivity index (χ0n) is 14.9. The predicted molar refractivity (Wildman–Crippen MR) is 111 cm³/mol. The number of nitrogens with one attached hydrogen (secondary N) is 2. The summed E-state index contributed by atoms with van der Waals surface area (Å²) in [4.78, 5) is 31.1. The molecule has 3 rings (SSSR count). The lowest BCUT2D eigenvalue weighted by Crippen LogP contribution is -2.20. The molecule has 0 saturated heterocycles. The Hall–Kier alpha value is -3.15. The fraction of sp³-hybridized carbons (Fsp3) is 0.0556. The quantitative estimate of drug-likeness (QED) is 0.339. The second-order valence-electron chi connectivity index (χ2n) is 5.94. The van der Waals surface area contributed by atoms with Crippen molar-refractivity contribution in [1.82, 2.24) is 9.97 Å². The van der Waals surface area contributed by atoms with Gasteiger partial charge in [-0.05, 0) is 29.8 Å². The number of hydrogen-bond acceptors (Lipinski definition) is 7. The molecule has 0 aliphatic carbocycles. The number of hydrogen-bond donors (Lipinski definition) is 4. The predicted octanol–water partition coefficient (Wildman–Crippen LogP) is 1.47. The second kappa shape index (κ2) is 8.47. The Morgan fingerprint density at radius 1 is 1.10 bits per heavy atom. The molecule has 1 amide bonds. The maximum absolute atomic E-state index is 12.9. The standard InChI is InChI=1S/C18H17N5O4S2/c19-14-10-15(24)23-18(22-14)28-16(11-4-2-1-3-5-11)17(25)21-12-6-8-13(9-7-12)29(20,26)27/h1-10,16H,(H,21,25)(H2,20,26,27)(H3,19,22,23,24)/t16-/m1/s1. The molecule has 0 radical (unpaired) electrons. The van der Waals surface area contributed by atoms with Crippen LogP contribution in [-0.2, 0) is 14.8 Å². The lowest BCUT2D eigenvalue weighted by molar-refractivity contribution is -0.115. The number of thioether (sulfide) groups is 1. The third-order valence-electron chi connectivity index (χ3n) is 3.76. The van der Waals surface area contributed by atoms with Gasteiger partial charge in [-0.25, -0.2) is 18.5 Å². The van der Waals surface area contributed by atoms with Crippen LogP contribution < -0.4 is 21.7 Å². The molecule has 0 unspecified atom stereocenters. The van der Waals surface area contributed by atoms with Gasteiger partial charge in [-0.3, -0.25) is 9.59 Å². The summed E-state index contributed by atoms with van der Waals surface area (Å²) in [5, 5.41) is 7.25. The topological polar surface area (TPSA) is 161 Å². The Bertz CT molecular complexity index is 1180. The van der Waals surface area contributed by atoms with Crippen molar-refractivity contribution in [1.29, 1.82) is 0 Å². The normalized spacial score (nSPS) is 12.3. The Morgan fingerprint density at radius 2 is 1.76 bits per heavy atom. The Balaban J connectivity index is 1.87. The van der Waals surface area contributed by atoms with Crippen LogP contribution in [-0.4, -0.2) is 24.3 Å². The molecular formula is C18H17N5O4S2. The smallest absolute Gasteiger partial charge is 0.253 e. The zero-order valence-corrected chi connectivity index (χ0v) is 16.5. The number of aromatic nitrogens is 2. The third-order valence-corrected chi connectivity index (χ3v) is 5.83. The summed E-state index contributed by atoms with van der Waals surface area (Å²) < 4.78 is 22.7. The number of H-pyrrole nitrogens is 1. The average molecular weight is 431 g/mol. The van der Waals surface area contributed by atoms with Crippen molar-refractivity contribution in [2.75, 3.05) is 11.1 Å². The summed E-state index contributed by atoms with van der Waals surface area (Å²) in [6.07, 6.45) is 0. The molecule has 0 saturated carbocycles. The van der Waals surface area contributed by atoms with E-state index in [-0.39, 0.29) is 15.9 Å². The average Bonchev–Trinajstić information content (AvgIpc) is 2.65. The molecule has 11 heteroatoms. The molecule has 0 spiro atoms. The van der Waals surface area contributed by atoms with Crippen molar-refractivity contribution in [3.05, 3.63) is 76.6 Å². The van der Waals surface area contributed by atoms with E-state index >= 15 is 0 Å². The van der Waals surface area contributed by atoms with Crippen LogP contribution in [0.25, 0.3) is 0 Å². The number of rotatable bonds is 6. The number of nitrogens with two attached hydrogens (primary N) is 2. The molecule has 2 aromatic carbocycles. The fourth-order valence-corrected chi connectivity index (χ4v) is 3.97. The molecular weight excluding hydrogens is 414 g/mol. The number of carbonyl (C=O) groups is 1. The van der Waals surface area contributed by atoms with E-state index in [9.17, 15) is 18.0 Å². The molecule has 6 N–H and O–H groups in total. The van der Waals surface area contributed by atoms with Gasteiger partial charge in [0.15, 0.2) is 5.16 Å². The minimum atomic E-state index is -3.83. The minimum Gasteiger partial charge on any atom is -0.383 e. The Kier molecular flexibility index (Phi) is 6.01. The number of sulfonamides is 1. The molecule has 29 heavy (non-hydrogen) atoms. The zero-order chi connectivity index (χ0) is 21.0. The molecule has 150 valence electrons. The third kappa shape index (κ3) is 5.44. The number of nitrogens with zero attached hydrogens (tertiary/aromatic N) is 1. The molecule has 0 aliphatic heterocycles. The first-order valence-electron chi connectivity index (χ1n) is 8.24. The summed E-state index contributed by atoms with van der Waals surface area (Å²) in [5.41, 5.74) is 6.26. The van der Waals surface area contributed by atoms with Gasteiger partial charge in [-0.2, -0.15) is 0 Å². The van der Waals surface area contributed by atoms with E-state index in [0.29, 0.717) is 11.3 Å². The van der Waals surface area contributed by atoms with Gasteiger partial charge in [-0.15, -0.1) is 0 Å². The molecule has 0 aliphatic rings. The SMILES string of the molecule is Nc1cc(=O)[nH]c(S[C@@H](C(=O)Nc2ccc(S(N)(=O)=O)cc2)c2ccccc2)n1. The maximum atomic E-state index is 12.9. The fourth-order valence-electron chi connectivity index (χ4n) is 2.46. The van der Waals surface area contributed by atoms with Crippen LogP contribution in [0.1, 0.15) is 10.8 Å². The highest BCUT2D eigenvalue weighted by atomic mass is 32.2. The van der Waals surface area contributed by atoms with Crippen molar-refractivity contribution >= 4 is 39.2 Å². The molecule has 9 nitrogen and oxygen atoms in total. The van der Waals surface area contributed by atoms with Gasteiger partial charge >= 0.3 is 0 Å². The van der Waals surface area contributed by atoms with Gasteiger partial charge in [0, 0.05) is 11.8 Å². The first-order chi connectivity index (χ1) is 13.7. The van der Waals surface area contributed by atoms with Crippen molar-refractivity contribution < 1.29 is 13.2 Å². The molecule has 0 bridgehead atoms. The first-order valence-corrected chi connectivity index (χ1v) is 10.7. The summed E-state index contributed by atoms with van der Waals surface area (Å²) >= 11 is 1.03. The van der Waals surface area contributed by atoms with Gasteiger partial charge < -0.3 is 16.0 Å². The van der Waals surface area contributed by atoms with E-state index in [1.807, 2.05) is 6.07 Å². The van der Waals surface area contributed by atoms with Crippen molar-refractivity contribution in [2.45, 2.75) is 15.3 Å². The van der Waals surface area contributed by atoms with Crippen LogP contribution in [0.2, 0.25) is 0 Å². The minimum absolute atomic E-state index is 0.0436. The molecule has 3 aromatic rings. The van der Waals surface area contributed by atoms with E-state index in [4.69, 9.17) is 10.9 Å². The second-order valence-corrected chi connectivity index (χ2v) is 8.60. The molecule has 1 atom stereocenters.